The molecular weight excluding hydrogens is 410 g/mol. The molecule has 0 saturated heterocycles. The molecule has 0 fully saturated rings. The molecule has 0 saturated carbocycles. The van der Waals surface area contributed by atoms with E-state index in [4.69, 9.17) is 4.74 Å². The quantitative estimate of drug-likeness (QED) is 0.617. The van der Waals surface area contributed by atoms with Gasteiger partial charge < -0.3 is 10.1 Å². The van der Waals surface area contributed by atoms with Gasteiger partial charge in [0.25, 0.3) is 5.91 Å². The number of aryl methyl sites for hydroxylation is 1. The Morgan fingerprint density at radius 1 is 1.26 bits per heavy atom. The van der Waals surface area contributed by atoms with Crippen molar-refractivity contribution in [2.45, 2.75) is 34.0 Å². The molecular formula is C19H22BrN5O2. The Morgan fingerprint density at radius 2 is 2.00 bits per heavy atom. The van der Waals surface area contributed by atoms with Crippen LogP contribution in [0.3, 0.4) is 0 Å². The molecule has 0 aliphatic carbocycles. The highest BCUT2D eigenvalue weighted by atomic mass is 79.9. The average molecular weight is 432 g/mol. The fraction of sp³-hybridized carbons (Fsp3) is 0.316. The van der Waals surface area contributed by atoms with Gasteiger partial charge in [0.15, 0.2) is 0 Å². The lowest BCUT2D eigenvalue weighted by molar-refractivity contribution is 0.0792. The highest BCUT2D eigenvalue weighted by Gasteiger charge is 2.11. The van der Waals surface area contributed by atoms with Gasteiger partial charge in [-0.05, 0) is 54.4 Å². The van der Waals surface area contributed by atoms with Crippen LogP contribution in [0.15, 0.2) is 41.1 Å². The van der Waals surface area contributed by atoms with Crippen LogP contribution in [-0.4, -0.2) is 32.1 Å². The maximum absolute atomic E-state index is 12.4. The Kier molecular flexibility index (Phi) is 6.08. The summed E-state index contributed by atoms with van der Waals surface area (Å²) in [4.78, 5) is 12.4. The molecule has 2 heterocycles. The maximum Gasteiger partial charge on any atom is 0.255 e. The van der Waals surface area contributed by atoms with E-state index in [1.165, 1.54) is 0 Å². The van der Waals surface area contributed by atoms with Crippen molar-refractivity contribution in [2.24, 2.45) is 0 Å². The highest BCUT2D eigenvalue weighted by Crippen LogP contribution is 2.20. The van der Waals surface area contributed by atoms with Crippen LogP contribution < -0.4 is 5.32 Å². The standard InChI is InChI=1S/C19H22BrN5O2/c1-4-27-12-24-11-17(9-21-24)22-19(26)16-7-5-15(6-8-16)10-25-14(3)18(20)13(2)23-25/h5-9,11H,4,10,12H2,1-3H3,(H,22,26). The van der Waals surface area contributed by atoms with E-state index in [-0.39, 0.29) is 5.91 Å². The maximum atomic E-state index is 12.4. The SMILES string of the molecule is CCOCn1cc(NC(=O)c2ccc(Cn3nc(C)c(Br)c3C)cc2)cn1. The number of hydrogen-bond donors (Lipinski definition) is 1. The van der Waals surface area contributed by atoms with E-state index in [0.29, 0.717) is 31.1 Å². The molecule has 27 heavy (non-hydrogen) atoms. The predicted octanol–water partition coefficient (Wildman–Crippen LogP) is 3.75. The molecule has 1 amide bonds. The second-order valence-corrected chi connectivity index (χ2v) is 6.98. The number of carbonyl (C=O) groups is 1. The van der Waals surface area contributed by atoms with Crippen LogP contribution >= 0.6 is 15.9 Å². The summed E-state index contributed by atoms with van der Waals surface area (Å²) >= 11 is 3.54. The van der Waals surface area contributed by atoms with Crippen molar-refractivity contribution < 1.29 is 9.53 Å². The minimum Gasteiger partial charge on any atom is -0.360 e. The summed E-state index contributed by atoms with van der Waals surface area (Å²) in [6, 6.07) is 7.52. The molecule has 1 N–H and O–H groups in total. The number of rotatable bonds is 7. The molecule has 3 aromatic rings. The fourth-order valence-corrected chi connectivity index (χ4v) is 2.93. The number of nitrogens with one attached hydrogen (secondary N) is 1. The molecule has 0 spiro atoms. The van der Waals surface area contributed by atoms with Crippen LogP contribution in [0.25, 0.3) is 0 Å². The van der Waals surface area contributed by atoms with Gasteiger partial charge in [-0.2, -0.15) is 10.2 Å². The summed E-state index contributed by atoms with van der Waals surface area (Å²) in [6.45, 7) is 7.55. The van der Waals surface area contributed by atoms with E-state index in [2.05, 4.69) is 31.4 Å². The van der Waals surface area contributed by atoms with E-state index in [0.717, 1.165) is 21.4 Å². The van der Waals surface area contributed by atoms with Gasteiger partial charge in [0, 0.05) is 12.2 Å². The molecule has 0 aliphatic heterocycles. The van der Waals surface area contributed by atoms with Gasteiger partial charge in [-0.15, -0.1) is 0 Å². The first-order valence-corrected chi connectivity index (χ1v) is 9.47. The number of amides is 1. The molecule has 1 aromatic carbocycles. The van der Waals surface area contributed by atoms with E-state index in [1.807, 2.05) is 49.7 Å². The zero-order valence-electron chi connectivity index (χ0n) is 15.6. The van der Waals surface area contributed by atoms with Crippen LogP contribution in [0.4, 0.5) is 5.69 Å². The number of nitrogens with zero attached hydrogens (tertiary/aromatic N) is 4. The number of carbonyl (C=O) groups excluding carboxylic acids is 1. The number of aromatic nitrogens is 4. The number of anilines is 1. The van der Waals surface area contributed by atoms with Gasteiger partial charge in [-0.1, -0.05) is 12.1 Å². The first-order chi connectivity index (χ1) is 13.0. The minimum atomic E-state index is -0.175. The third kappa shape index (κ3) is 4.64. The summed E-state index contributed by atoms with van der Waals surface area (Å²) in [6.07, 6.45) is 3.34. The molecule has 0 unspecified atom stereocenters. The van der Waals surface area contributed by atoms with Crippen molar-refractivity contribution in [3.8, 4) is 0 Å². The van der Waals surface area contributed by atoms with Crippen molar-refractivity contribution in [3.63, 3.8) is 0 Å². The van der Waals surface area contributed by atoms with Crippen LogP contribution in [0.5, 0.6) is 0 Å². The minimum absolute atomic E-state index is 0.175. The van der Waals surface area contributed by atoms with Crippen molar-refractivity contribution in [1.29, 1.82) is 0 Å². The Labute approximate surface area is 166 Å². The smallest absolute Gasteiger partial charge is 0.255 e. The Balaban J connectivity index is 1.63. The van der Waals surface area contributed by atoms with Crippen LogP contribution in [-0.2, 0) is 18.0 Å². The van der Waals surface area contributed by atoms with Crippen molar-refractivity contribution in [1.82, 2.24) is 19.6 Å². The first kappa shape index (κ1) is 19.3. The lowest BCUT2D eigenvalue weighted by Crippen LogP contribution is -2.12. The van der Waals surface area contributed by atoms with Crippen LogP contribution in [0, 0.1) is 13.8 Å². The topological polar surface area (TPSA) is 74.0 Å². The molecule has 0 atom stereocenters. The van der Waals surface area contributed by atoms with Crippen molar-refractivity contribution in [2.75, 3.05) is 11.9 Å². The fourth-order valence-electron chi connectivity index (χ4n) is 2.65. The normalized spacial score (nSPS) is 11.0. The Hall–Kier alpha value is -2.45. The van der Waals surface area contributed by atoms with Gasteiger partial charge in [0.05, 0.1) is 40.5 Å². The lowest BCUT2D eigenvalue weighted by atomic mass is 10.1. The summed E-state index contributed by atoms with van der Waals surface area (Å²) in [7, 11) is 0. The van der Waals surface area contributed by atoms with E-state index < -0.39 is 0 Å². The molecule has 8 heteroatoms. The van der Waals surface area contributed by atoms with Gasteiger partial charge in [-0.3, -0.25) is 9.48 Å². The highest BCUT2D eigenvalue weighted by molar-refractivity contribution is 9.10. The van der Waals surface area contributed by atoms with Gasteiger partial charge in [0.1, 0.15) is 6.73 Å². The Bertz CT molecular complexity index is 930. The lowest BCUT2D eigenvalue weighted by Gasteiger charge is -2.07. The Morgan fingerprint density at radius 3 is 2.63 bits per heavy atom. The summed E-state index contributed by atoms with van der Waals surface area (Å²) in [5, 5.41) is 11.5. The van der Waals surface area contributed by atoms with Gasteiger partial charge in [-0.25, -0.2) is 4.68 Å². The number of benzene rings is 1. The van der Waals surface area contributed by atoms with E-state index in [9.17, 15) is 4.79 Å². The monoisotopic (exact) mass is 431 g/mol. The zero-order chi connectivity index (χ0) is 19.4. The second-order valence-electron chi connectivity index (χ2n) is 6.18. The van der Waals surface area contributed by atoms with Crippen LogP contribution in [0.1, 0.15) is 34.2 Å². The first-order valence-electron chi connectivity index (χ1n) is 8.68. The van der Waals surface area contributed by atoms with E-state index in [1.54, 1.807) is 17.1 Å². The summed E-state index contributed by atoms with van der Waals surface area (Å²) in [5.74, 6) is -0.175. The van der Waals surface area contributed by atoms with Crippen molar-refractivity contribution in [3.05, 3.63) is 63.6 Å². The van der Waals surface area contributed by atoms with Gasteiger partial charge >= 0.3 is 0 Å². The molecule has 7 nitrogen and oxygen atoms in total. The molecule has 0 bridgehead atoms. The third-order valence-corrected chi connectivity index (χ3v) is 5.31. The average Bonchev–Trinajstić information content (AvgIpc) is 3.20. The summed E-state index contributed by atoms with van der Waals surface area (Å²) in [5.41, 5.74) is 4.35. The van der Waals surface area contributed by atoms with E-state index >= 15 is 0 Å². The molecule has 0 radical (unpaired) electrons. The predicted molar refractivity (Wildman–Crippen MR) is 107 cm³/mol. The second kappa shape index (κ2) is 8.49. The van der Waals surface area contributed by atoms with Gasteiger partial charge in [0.2, 0.25) is 0 Å². The van der Waals surface area contributed by atoms with Crippen molar-refractivity contribution >= 4 is 27.5 Å². The summed E-state index contributed by atoms with van der Waals surface area (Å²) < 4.78 is 9.89. The molecule has 142 valence electrons. The number of halogens is 1. The molecule has 0 aliphatic rings. The number of ether oxygens (including phenoxy) is 1. The molecule has 2 aromatic heterocycles. The molecule has 3 rings (SSSR count). The number of hydrogen-bond acceptors (Lipinski definition) is 4. The largest absolute Gasteiger partial charge is 0.360 e. The third-order valence-electron chi connectivity index (χ3n) is 4.16. The zero-order valence-corrected chi connectivity index (χ0v) is 17.2. The van der Waals surface area contributed by atoms with Crippen LogP contribution in [0.2, 0.25) is 0 Å².